The molecule has 0 saturated carbocycles. The fourth-order valence-electron chi connectivity index (χ4n) is 1.76. The van der Waals surface area contributed by atoms with Crippen LogP contribution in [0.15, 0.2) is 11.6 Å². The Balaban J connectivity index is 2.54. The molecule has 6 heteroatoms. The van der Waals surface area contributed by atoms with E-state index in [1.807, 2.05) is 5.38 Å². The van der Waals surface area contributed by atoms with Gasteiger partial charge in [-0.1, -0.05) is 13.8 Å². The Morgan fingerprint density at radius 3 is 2.56 bits per heavy atom. The van der Waals surface area contributed by atoms with Gasteiger partial charge in [0, 0.05) is 18.0 Å². The van der Waals surface area contributed by atoms with Crippen molar-refractivity contribution in [2.24, 2.45) is 5.41 Å². The number of carbonyl (C=O) groups excluding carboxylic acids is 1. The number of hydrogen-bond acceptors (Lipinski definition) is 4. The van der Waals surface area contributed by atoms with Crippen molar-refractivity contribution in [3.8, 4) is 0 Å². The second kappa shape index (κ2) is 6.49. The molecule has 2 N–H and O–H groups in total. The molecule has 0 spiro atoms. The highest BCUT2D eigenvalue weighted by Crippen LogP contribution is 2.30. The van der Waals surface area contributed by atoms with E-state index in [2.05, 4.69) is 10.3 Å². The topological polar surface area (TPSA) is 79.3 Å². The Bertz CT molecular complexity index is 399. The van der Waals surface area contributed by atoms with E-state index >= 15 is 0 Å². The van der Waals surface area contributed by atoms with Gasteiger partial charge in [0.1, 0.15) is 5.01 Å². The van der Waals surface area contributed by atoms with Crippen molar-refractivity contribution in [2.75, 3.05) is 0 Å². The second-order valence-electron chi connectivity index (χ2n) is 4.17. The lowest BCUT2D eigenvalue weighted by Crippen LogP contribution is -2.36. The third-order valence-corrected chi connectivity index (χ3v) is 4.01. The molecular weight excluding hydrogens is 252 g/mol. The van der Waals surface area contributed by atoms with Crippen molar-refractivity contribution >= 4 is 23.2 Å². The van der Waals surface area contributed by atoms with Gasteiger partial charge in [0.25, 0.3) is 0 Å². The van der Waals surface area contributed by atoms with E-state index in [1.54, 1.807) is 20.0 Å². The van der Waals surface area contributed by atoms with Crippen LogP contribution in [0, 0.1) is 5.41 Å². The van der Waals surface area contributed by atoms with Crippen LogP contribution in [-0.2, 0) is 16.1 Å². The lowest BCUT2D eigenvalue weighted by molar-refractivity contribution is -0.152. The van der Waals surface area contributed by atoms with Gasteiger partial charge < -0.3 is 10.4 Å². The van der Waals surface area contributed by atoms with Gasteiger partial charge in [-0.2, -0.15) is 0 Å². The van der Waals surface area contributed by atoms with Crippen LogP contribution in [0.5, 0.6) is 0 Å². The summed E-state index contributed by atoms with van der Waals surface area (Å²) in [5.74, 6) is -1.15. The molecule has 0 radical (unpaired) electrons. The van der Waals surface area contributed by atoms with Gasteiger partial charge >= 0.3 is 5.97 Å². The summed E-state index contributed by atoms with van der Waals surface area (Å²) in [5.41, 5.74) is -0.951. The number of amides is 1. The van der Waals surface area contributed by atoms with E-state index in [-0.39, 0.29) is 12.3 Å². The number of aromatic nitrogens is 1. The zero-order valence-corrected chi connectivity index (χ0v) is 11.4. The van der Waals surface area contributed by atoms with Crippen molar-refractivity contribution < 1.29 is 14.7 Å². The van der Waals surface area contributed by atoms with Crippen molar-refractivity contribution in [3.63, 3.8) is 0 Å². The van der Waals surface area contributed by atoms with E-state index in [0.29, 0.717) is 19.4 Å². The minimum atomic E-state index is -0.951. The van der Waals surface area contributed by atoms with Gasteiger partial charge in [0.2, 0.25) is 5.91 Å². The molecule has 5 nitrogen and oxygen atoms in total. The quantitative estimate of drug-likeness (QED) is 0.794. The molecule has 18 heavy (non-hydrogen) atoms. The summed E-state index contributed by atoms with van der Waals surface area (Å²) in [6.07, 6.45) is 2.58. The normalized spacial score (nSPS) is 11.2. The molecule has 0 unspecified atom stereocenters. The number of carbonyl (C=O) groups is 2. The van der Waals surface area contributed by atoms with E-state index in [9.17, 15) is 14.7 Å². The van der Waals surface area contributed by atoms with Crippen molar-refractivity contribution in [1.82, 2.24) is 10.3 Å². The zero-order valence-electron chi connectivity index (χ0n) is 10.6. The minimum absolute atomic E-state index is 0.0146. The molecular formula is C12H18N2O3S. The molecule has 0 bridgehead atoms. The average molecular weight is 270 g/mol. The predicted molar refractivity (Wildman–Crippen MR) is 69.2 cm³/mol. The first-order chi connectivity index (χ1) is 8.54. The van der Waals surface area contributed by atoms with Crippen LogP contribution in [0.4, 0.5) is 0 Å². The van der Waals surface area contributed by atoms with E-state index in [4.69, 9.17) is 0 Å². The molecule has 0 aliphatic rings. The van der Waals surface area contributed by atoms with Crippen LogP contribution in [0.2, 0.25) is 0 Å². The second-order valence-corrected chi connectivity index (χ2v) is 5.15. The van der Waals surface area contributed by atoms with Crippen LogP contribution in [-0.4, -0.2) is 22.0 Å². The number of hydrogen-bond donors (Lipinski definition) is 2. The number of thiazole rings is 1. The Labute approximate surface area is 110 Å². The summed E-state index contributed by atoms with van der Waals surface area (Å²) in [6.45, 7) is 3.96. The van der Waals surface area contributed by atoms with Crippen molar-refractivity contribution in [1.29, 1.82) is 0 Å². The molecule has 0 aromatic carbocycles. The monoisotopic (exact) mass is 270 g/mol. The minimum Gasteiger partial charge on any atom is -0.481 e. The highest BCUT2D eigenvalue weighted by Gasteiger charge is 2.36. The summed E-state index contributed by atoms with van der Waals surface area (Å²) >= 11 is 1.46. The largest absolute Gasteiger partial charge is 0.481 e. The molecule has 0 saturated heterocycles. The summed E-state index contributed by atoms with van der Waals surface area (Å²) in [6, 6.07) is 0. The van der Waals surface area contributed by atoms with Gasteiger partial charge in [-0.3, -0.25) is 9.59 Å². The number of nitrogens with one attached hydrogen (secondary N) is 1. The van der Waals surface area contributed by atoms with E-state index in [0.717, 1.165) is 5.01 Å². The first kappa shape index (κ1) is 14.6. The highest BCUT2D eigenvalue weighted by molar-refractivity contribution is 7.09. The van der Waals surface area contributed by atoms with Crippen LogP contribution in [0.1, 0.15) is 38.1 Å². The summed E-state index contributed by atoms with van der Waals surface area (Å²) in [4.78, 5) is 27.1. The maximum atomic E-state index is 11.8. The van der Waals surface area contributed by atoms with E-state index in [1.165, 1.54) is 11.3 Å². The number of carboxylic acid groups (broad SMARTS) is 1. The van der Waals surface area contributed by atoms with Gasteiger partial charge in [-0.05, 0) is 12.8 Å². The molecule has 1 amide bonds. The summed E-state index contributed by atoms with van der Waals surface area (Å²) < 4.78 is 0. The number of aliphatic carboxylic acids is 1. The molecule has 0 fully saturated rings. The van der Waals surface area contributed by atoms with Crippen LogP contribution in [0.25, 0.3) is 0 Å². The molecule has 1 rings (SSSR count). The van der Waals surface area contributed by atoms with Gasteiger partial charge in [-0.15, -0.1) is 11.3 Å². The Kier molecular flexibility index (Phi) is 5.27. The van der Waals surface area contributed by atoms with Crippen LogP contribution in [0.3, 0.4) is 0 Å². The maximum absolute atomic E-state index is 11.8. The Morgan fingerprint density at radius 2 is 2.11 bits per heavy atom. The van der Waals surface area contributed by atoms with Gasteiger partial charge in [0.15, 0.2) is 0 Å². The number of nitrogens with zero attached hydrogens (tertiary/aromatic N) is 1. The van der Waals surface area contributed by atoms with Gasteiger partial charge in [0.05, 0.1) is 12.0 Å². The SMILES string of the molecule is CCC(CC)(CC(=O)NCc1nccs1)C(=O)O. The van der Waals surface area contributed by atoms with E-state index < -0.39 is 11.4 Å². The fraction of sp³-hybridized carbons (Fsp3) is 0.583. The Hall–Kier alpha value is -1.43. The molecule has 1 heterocycles. The van der Waals surface area contributed by atoms with Crippen molar-refractivity contribution in [2.45, 2.75) is 39.7 Å². The number of rotatable bonds is 7. The molecule has 1 aromatic heterocycles. The highest BCUT2D eigenvalue weighted by atomic mass is 32.1. The lowest BCUT2D eigenvalue weighted by atomic mass is 9.79. The Morgan fingerprint density at radius 1 is 1.44 bits per heavy atom. The van der Waals surface area contributed by atoms with Crippen LogP contribution < -0.4 is 5.32 Å². The molecule has 0 aliphatic heterocycles. The van der Waals surface area contributed by atoms with Crippen molar-refractivity contribution in [3.05, 3.63) is 16.6 Å². The lowest BCUT2D eigenvalue weighted by Gasteiger charge is -2.25. The summed E-state index contributed by atoms with van der Waals surface area (Å²) in [7, 11) is 0. The summed E-state index contributed by atoms with van der Waals surface area (Å²) in [5, 5.41) is 14.6. The molecule has 0 atom stereocenters. The van der Waals surface area contributed by atoms with Crippen LogP contribution >= 0.6 is 11.3 Å². The fourth-order valence-corrected chi connectivity index (χ4v) is 2.32. The third kappa shape index (κ3) is 3.53. The molecule has 100 valence electrons. The third-order valence-electron chi connectivity index (χ3n) is 3.23. The van der Waals surface area contributed by atoms with Gasteiger partial charge in [-0.25, -0.2) is 4.98 Å². The first-order valence-corrected chi connectivity index (χ1v) is 6.80. The standard InChI is InChI=1S/C12H18N2O3S/c1-3-12(4-2,11(16)17)7-9(15)14-8-10-13-5-6-18-10/h5-6H,3-4,7-8H2,1-2H3,(H,14,15)(H,16,17). The molecule has 1 aromatic rings. The maximum Gasteiger partial charge on any atom is 0.310 e. The first-order valence-electron chi connectivity index (χ1n) is 5.92. The predicted octanol–water partition coefficient (Wildman–Crippen LogP) is 2.04. The smallest absolute Gasteiger partial charge is 0.310 e. The molecule has 0 aliphatic carbocycles. The average Bonchev–Trinajstić information content (AvgIpc) is 2.86. The number of carboxylic acids is 1. The zero-order chi connectivity index (χ0) is 13.6.